The largest absolute Gasteiger partial charge is 0.335 e. The first-order chi connectivity index (χ1) is 8.86. The van der Waals surface area contributed by atoms with Crippen molar-refractivity contribution in [3.8, 4) is 0 Å². The Morgan fingerprint density at radius 1 is 1.37 bits per heavy atom. The van der Waals surface area contributed by atoms with Crippen molar-refractivity contribution in [3.63, 3.8) is 0 Å². The van der Waals surface area contributed by atoms with E-state index in [0.717, 1.165) is 37.5 Å². The Morgan fingerprint density at radius 3 is 2.53 bits per heavy atom. The van der Waals surface area contributed by atoms with E-state index in [2.05, 4.69) is 10.6 Å². The van der Waals surface area contributed by atoms with Crippen LogP contribution in [0.4, 0.5) is 14.9 Å². The van der Waals surface area contributed by atoms with Gasteiger partial charge in [-0.1, -0.05) is 0 Å². The van der Waals surface area contributed by atoms with Crippen molar-refractivity contribution in [2.24, 2.45) is 5.14 Å². The second-order valence-electron chi connectivity index (χ2n) is 4.41. The van der Waals surface area contributed by atoms with E-state index < -0.39 is 21.9 Å². The predicted molar refractivity (Wildman–Crippen MR) is 67.6 cm³/mol. The van der Waals surface area contributed by atoms with Crippen LogP contribution < -0.4 is 15.8 Å². The monoisotopic (exact) mass is 287 g/mol. The van der Waals surface area contributed by atoms with Crippen LogP contribution in [0.1, 0.15) is 19.3 Å². The Balaban J connectivity index is 2.06. The minimum Gasteiger partial charge on any atom is -0.335 e. The van der Waals surface area contributed by atoms with Gasteiger partial charge in [-0.05, 0) is 37.5 Å². The molecule has 104 valence electrons. The second-order valence-corrected chi connectivity index (χ2v) is 5.97. The molecule has 19 heavy (non-hydrogen) atoms. The number of hydrogen-bond donors (Lipinski definition) is 3. The van der Waals surface area contributed by atoms with Gasteiger partial charge in [-0.2, -0.15) is 0 Å². The van der Waals surface area contributed by atoms with E-state index >= 15 is 0 Å². The molecule has 0 radical (unpaired) electrons. The Hall–Kier alpha value is -1.67. The highest BCUT2D eigenvalue weighted by Crippen LogP contribution is 2.20. The number of halogens is 1. The summed E-state index contributed by atoms with van der Waals surface area (Å²) in [5, 5.41) is 9.88. The molecule has 0 heterocycles. The van der Waals surface area contributed by atoms with Crippen molar-refractivity contribution in [3.05, 3.63) is 24.0 Å². The van der Waals surface area contributed by atoms with Crippen molar-refractivity contribution in [2.75, 3.05) is 5.32 Å². The molecule has 8 heteroatoms. The summed E-state index contributed by atoms with van der Waals surface area (Å²) in [5.41, 5.74) is -0.0933. The Labute approximate surface area is 110 Å². The Morgan fingerprint density at radius 2 is 2.05 bits per heavy atom. The zero-order valence-corrected chi connectivity index (χ0v) is 10.8. The molecular formula is C11H14FN3O3S. The van der Waals surface area contributed by atoms with Gasteiger partial charge in [0.15, 0.2) is 0 Å². The lowest BCUT2D eigenvalue weighted by atomic mass is 9.93. The minimum absolute atomic E-state index is 0.0933. The van der Waals surface area contributed by atoms with E-state index in [0.29, 0.717) is 0 Å². The van der Waals surface area contributed by atoms with Gasteiger partial charge < -0.3 is 10.6 Å². The van der Waals surface area contributed by atoms with Crippen molar-refractivity contribution < 1.29 is 17.6 Å². The lowest BCUT2D eigenvalue weighted by Gasteiger charge is -2.26. The molecule has 6 nitrogen and oxygen atoms in total. The van der Waals surface area contributed by atoms with Gasteiger partial charge >= 0.3 is 6.03 Å². The summed E-state index contributed by atoms with van der Waals surface area (Å²) >= 11 is 0. The van der Waals surface area contributed by atoms with Crippen LogP contribution in [0, 0.1) is 5.82 Å². The third kappa shape index (κ3) is 3.42. The summed E-state index contributed by atoms with van der Waals surface area (Å²) in [6.07, 6.45) is 2.91. The number of nitrogens with one attached hydrogen (secondary N) is 2. The molecule has 4 N–H and O–H groups in total. The van der Waals surface area contributed by atoms with E-state index in [1.165, 1.54) is 0 Å². The number of carbonyl (C=O) groups is 1. The standard InChI is InChI=1S/C11H14FN3O3S/c12-9-6-8(19(13,17)18)4-5-10(9)15-11(16)14-7-2-1-3-7/h4-7H,1-3H2,(H2,13,17,18)(H2,14,15,16). The minimum atomic E-state index is -3.95. The zero-order valence-electron chi connectivity index (χ0n) is 10.0. The molecule has 1 fully saturated rings. The molecule has 0 aliphatic heterocycles. The summed E-state index contributed by atoms with van der Waals surface area (Å²) in [7, 11) is -3.95. The van der Waals surface area contributed by atoms with Gasteiger partial charge in [0, 0.05) is 6.04 Å². The molecule has 0 unspecified atom stereocenters. The van der Waals surface area contributed by atoms with Gasteiger partial charge in [-0.25, -0.2) is 22.7 Å². The van der Waals surface area contributed by atoms with Crippen LogP contribution in [0.25, 0.3) is 0 Å². The van der Waals surface area contributed by atoms with E-state index in [1.807, 2.05) is 0 Å². The lowest BCUT2D eigenvalue weighted by molar-refractivity contribution is 0.240. The molecule has 1 aliphatic rings. The lowest BCUT2D eigenvalue weighted by Crippen LogP contribution is -2.42. The first-order valence-corrected chi connectivity index (χ1v) is 7.31. The molecule has 2 amide bonds. The summed E-state index contributed by atoms with van der Waals surface area (Å²) in [5.74, 6) is -0.852. The van der Waals surface area contributed by atoms with Gasteiger partial charge in [-0.3, -0.25) is 0 Å². The summed E-state index contributed by atoms with van der Waals surface area (Å²) in [4.78, 5) is 11.2. The number of carbonyl (C=O) groups excluding carboxylic acids is 1. The van der Waals surface area contributed by atoms with E-state index in [9.17, 15) is 17.6 Å². The molecule has 1 aromatic rings. The fourth-order valence-electron chi connectivity index (χ4n) is 1.67. The van der Waals surface area contributed by atoms with E-state index in [1.54, 1.807) is 0 Å². The number of sulfonamides is 1. The van der Waals surface area contributed by atoms with Gasteiger partial charge in [-0.15, -0.1) is 0 Å². The molecule has 0 saturated heterocycles. The number of anilines is 1. The van der Waals surface area contributed by atoms with Gasteiger partial charge in [0.1, 0.15) is 5.82 Å². The molecule has 1 aliphatic carbocycles. The predicted octanol–water partition coefficient (Wildman–Crippen LogP) is 1.15. The van der Waals surface area contributed by atoms with E-state index in [4.69, 9.17) is 5.14 Å². The highest BCUT2D eigenvalue weighted by molar-refractivity contribution is 7.89. The number of amides is 2. The normalized spacial score (nSPS) is 15.7. The average Bonchev–Trinajstić information content (AvgIpc) is 2.25. The molecule has 1 aromatic carbocycles. The van der Waals surface area contributed by atoms with Crippen LogP contribution in [0.5, 0.6) is 0 Å². The number of urea groups is 1. The number of rotatable bonds is 3. The van der Waals surface area contributed by atoms with Crippen molar-refractivity contribution >= 4 is 21.7 Å². The molecule has 0 spiro atoms. The van der Waals surface area contributed by atoms with Crippen LogP contribution in [0.2, 0.25) is 0 Å². The fourth-order valence-corrected chi connectivity index (χ4v) is 2.20. The Bertz CT molecular complexity index is 599. The van der Waals surface area contributed by atoms with Crippen molar-refractivity contribution in [1.29, 1.82) is 0 Å². The molecular weight excluding hydrogens is 273 g/mol. The maximum Gasteiger partial charge on any atom is 0.319 e. The second kappa shape index (κ2) is 5.14. The van der Waals surface area contributed by atoms with Crippen LogP contribution in [0.3, 0.4) is 0 Å². The maximum atomic E-state index is 13.6. The van der Waals surface area contributed by atoms with Crippen LogP contribution in [-0.4, -0.2) is 20.5 Å². The Kier molecular flexibility index (Phi) is 3.72. The van der Waals surface area contributed by atoms with E-state index in [-0.39, 0.29) is 16.6 Å². The summed E-state index contributed by atoms with van der Waals surface area (Å²) in [6.45, 7) is 0. The average molecular weight is 287 g/mol. The summed E-state index contributed by atoms with van der Waals surface area (Å²) in [6, 6.07) is 2.69. The first kappa shape index (κ1) is 13.8. The van der Waals surface area contributed by atoms with Crippen LogP contribution in [-0.2, 0) is 10.0 Å². The highest BCUT2D eigenvalue weighted by Gasteiger charge is 2.20. The quantitative estimate of drug-likeness (QED) is 0.777. The van der Waals surface area contributed by atoms with Gasteiger partial charge in [0.2, 0.25) is 10.0 Å². The molecule has 0 bridgehead atoms. The smallest absolute Gasteiger partial charge is 0.319 e. The molecule has 0 aromatic heterocycles. The number of nitrogens with two attached hydrogens (primary N) is 1. The molecule has 2 rings (SSSR count). The maximum absolute atomic E-state index is 13.6. The number of benzene rings is 1. The third-order valence-corrected chi connectivity index (χ3v) is 3.87. The SMILES string of the molecule is NS(=O)(=O)c1ccc(NC(=O)NC2CCC2)c(F)c1. The molecule has 1 saturated carbocycles. The van der Waals surface area contributed by atoms with Gasteiger partial charge in [0.05, 0.1) is 10.6 Å². The van der Waals surface area contributed by atoms with Crippen molar-refractivity contribution in [2.45, 2.75) is 30.2 Å². The zero-order chi connectivity index (χ0) is 14.0. The van der Waals surface area contributed by atoms with Gasteiger partial charge in [0.25, 0.3) is 0 Å². The van der Waals surface area contributed by atoms with Crippen LogP contribution >= 0.6 is 0 Å². The van der Waals surface area contributed by atoms with Crippen molar-refractivity contribution in [1.82, 2.24) is 5.32 Å². The topological polar surface area (TPSA) is 101 Å². The fraction of sp³-hybridized carbons (Fsp3) is 0.364. The third-order valence-electron chi connectivity index (χ3n) is 2.96. The first-order valence-electron chi connectivity index (χ1n) is 5.76. The molecule has 0 atom stereocenters. The summed E-state index contributed by atoms with van der Waals surface area (Å²) < 4.78 is 35.7. The highest BCUT2D eigenvalue weighted by atomic mass is 32.2. The number of primary sulfonamides is 1. The number of hydrogen-bond acceptors (Lipinski definition) is 3. The van der Waals surface area contributed by atoms with Crippen LogP contribution in [0.15, 0.2) is 23.1 Å².